The van der Waals surface area contributed by atoms with E-state index in [4.69, 9.17) is 14.2 Å². The molecule has 1 atom stereocenters. The lowest BCUT2D eigenvalue weighted by atomic mass is 9.89. The van der Waals surface area contributed by atoms with Crippen LogP contribution in [0.3, 0.4) is 0 Å². The van der Waals surface area contributed by atoms with Gasteiger partial charge in [-0.3, -0.25) is 4.79 Å². The molecular formula is C19H26N2O4. The fourth-order valence-electron chi connectivity index (χ4n) is 3.91. The van der Waals surface area contributed by atoms with Gasteiger partial charge < -0.3 is 24.0 Å². The summed E-state index contributed by atoms with van der Waals surface area (Å²) in [5, 5.41) is 0. The summed E-state index contributed by atoms with van der Waals surface area (Å²) in [5.74, 6) is 1.77. The minimum atomic E-state index is -0.136. The zero-order valence-corrected chi connectivity index (χ0v) is 14.8. The average Bonchev–Trinajstić information content (AvgIpc) is 2.65. The van der Waals surface area contributed by atoms with Crippen molar-refractivity contribution < 1.29 is 19.0 Å². The number of para-hydroxylation sites is 2. The maximum Gasteiger partial charge on any atom is 0.248 e. The summed E-state index contributed by atoms with van der Waals surface area (Å²) in [5.41, 5.74) is -0.136. The number of piperidine rings is 1. The van der Waals surface area contributed by atoms with Crippen LogP contribution in [0, 0.1) is 0 Å². The maximum atomic E-state index is 11.6. The molecule has 2 saturated heterocycles. The second kappa shape index (κ2) is 6.84. The Kier molecular flexibility index (Phi) is 4.56. The van der Waals surface area contributed by atoms with Crippen LogP contribution in [0.4, 0.5) is 0 Å². The van der Waals surface area contributed by atoms with Crippen molar-refractivity contribution in [3.8, 4) is 11.5 Å². The van der Waals surface area contributed by atoms with E-state index in [1.807, 2.05) is 36.2 Å². The molecule has 3 heterocycles. The SMILES string of the molecule is CN1CC2(CCN(CCC3COc4ccccc4O3)CC2)OCC1=O. The van der Waals surface area contributed by atoms with Crippen molar-refractivity contribution in [2.75, 3.05) is 46.4 Å². The summed E-state index contributed by atoms with van der Waals surface area (Å²) >= 11 is 0. The Morgan fingerprint density at radius 2 is 1.96 bits per heavy atom. The second-order valence-electron chi connectivity index (χ2n) is 7.35. The number of hydrogen-bond acceptors (Lipinski definition) is 5. The third-order valence-electron chi connectivity index (χ3n) is 5.56. The number of rotatable bonds is 3. The molecule has 6 nitrogen and oxygen atoms in total. The molecule has 0 radical (unpaired) electrons. The first kappa shape index (κ1) is 16.7. The highest BCUT2D eigenvalue weighted by Crippen LogP contribution is 2.33. The van der Waals surface area contributed by atoms with Gasteiger partial charge in [-0.1, -0.05) is 12.1 Å². The Balaban J connectivity index is 1.24. The fraction of sp³-hybridized carbons (Fsp3) is 0.632. The predicted molar refractivity (Wildman–Crippen MR) is 93.0 cm³/mol. The minimum absolute atomic E-state index is 0.0859. The minimum Gasteiger partial charge on any atom is -0.486 e. The molecule has 3 aliphatic rings. The van der Waals surface area contributed by atoms with Gasteiger partial charge in [-0.15, -0.1) is 0 Å². The smallest absolute Gasteiger partial charge is 0.248 e. The van der Waals surface area contributed by atoms with E-state index >= 15 is 0 Å². The Bertz CT molecular complexity index is 628. The molecule has 1 amide bonds. The first-order valence-electron chi connectivity index (χ1n) is 9.12. The topological polar surface area (TPSA) is 51.2 Å². The van der Waals surface area contributed by atoms with E-state index in [9.17, 15) is 4.79 Å². The number of ether oxygens (including phenoxy) is 3. The molecular weight excluding hydrogens is 320 g/mol. The summed E-state index contributed by atoms with van der Waals surface area (Å²) in [6, 6.07) is 7.84. The highest BCUT2D eigenvalue weighted by Gasteiger charge is 2.41. The van der Waals surface area contributed by atoms with Gasteiger partial charge in [-0.25, -0.2) is 0 Å². The van der Waals surface area contributed by atoms with Crippen molar-refractivity contribution in [2.45, 2.75) is 31.0 Å². The van der Waals surface area contributed by atoms with Crippen molar-refractivity contribution in [2.24, 2.45) is 0 Å². The zero-order valence-electron chi connectivity index (χ0n) is 14.8. The van der Waals surface area contributed by atoms with Crippen molar-refractivity contribution in [1.82, 2.24) is 9.80 Å². The van der Waals surface area contributed by atoms with Crippen molar-refractivity contribution in [3.05, 3.63) is 24.3 Å². The average molecular weight is 346 g/mol. The standard InChI is InChI=1S/C19H26N2O4/c1-20-14-19(24-13-18(20)22)7-10-21(11-8-19)9-6-15-12-23-16-4-2-3-5-17(16)25-15/h2-5,15H,6-14H2,1H3. The number of amides is 1. The normalized spacial score (nSPS) is 26.0. The first-order valence-corrected chi connectivity index (χ1v) is 9.12. The summed E-state index contributed by atoms with van der Waals surface area (Å²) in [4.78, 5) is 15.9. The number of carbonyl (C=O) groups is 1. The van der Waals surface area contributed by atoms with E-state index in [1.54, 1.807) is 0 Å². The first-order chi connectivity index (χ1) is 12.1. The van der Waals surface area contributed by atoms with Gasteiger partial charge >= 0.3 is 0 Å². The third-order valence-corrected chi connectivity index (χ3v) is 5.56. The van der Waals surface area contributed by atoms with Crippen molar-refractivity contribution >= 4 is 5.91 Å². The molecule has 1 spiro atoms. The number of hydrogen-bond donors (Lipinski definition) is 0. The van der Waals surface area contributed by atoms with E-state index in [0.717, 1.165) is 56.9 Å². The quantitative estimate of drug-likeness (QED) is 0.831. The molecule has 0 N–H and O–H groups in total. The molecule has 4 rings (SSSR count). The molecule has 1 unspecified atom stereocenters. The molecule has 1 aromatic rings. The van der Waals surface area contributed by atoms with Gasteiger partial charge in [0.15, 0.2) is 11.5 Å². The lowest BCUT2D eigenvalue weighted by molar-refractivity contribution is -0.168. The maximum absolute atomic E-state index is 11.6. The molecule has 0 bridgehead atoms. The van der Waals surface area contributed by atoms with Crippen molar-refractivity contribution in [3.63, 3.8) is 0 Å². The molecule has 1 aromatic carbocycles. The number of benzene rings is 1. The molecule has 136 valence electrons. The second-order valence-corrected chi connectivity index (χ2v) is 7.35. The van der Waals surface area contributed by atoms with Crippen LogP contribution in [0.25, 0.3) is 0 Å². The summed E-state index contributed by atoms with van der Waals surface area (Å²) in [6.07, 6.45) is 3.03. The Hall–Kier alpha value is -1.79. The summed E-state index contributed by atoms with van der Waals surface area (Å²) in [7, 11) is 1.87. The predicted octanol–water partition coefficient (Wildman–Crippen LogP) is 1.54. The molecule has 3 aliphatic heterocycles. The summed E-state index contributed by atoms with van der Waals surface area (Å²) < 4.78 is 17.7. The third kappa shape index (κ3) is 3.60. The van der Waals surface area contributed by atoms with Gasteiger partial charge in [0.2, 0.25) is 5.91 Å². The Morgan fingerprint density at radius 1 is 1.20 bits per heavy atom. The van der Waals surface area contributed by atoms with Gasteiger partial charge in [0, 0.05) is 39.6 Å². The van der Waals surface area contributed by atoms with Gasteiger partial charge in [0.05, 0.1) is 5.60 Å². The number of likely N-dealkylation sites (N-methyl/N-ethyl adjacent to an activating group) is 1. The van der Waals surface area contributed by atoms with E-state index in [1.165, 1.54) is 0 Å². The van der Waals surface area contributed by atoms with E-state index in [0.29, 0.717) is 6.61 Å². The molecule has 25 heavy (non-hydrogen) atoms. The van der Waals surface area contributed by atoms with Crippen molar-refractivity contribution in [1.29, 1.82) is 0 Å². The Morgan fingerprint density at radius 3 is 2.72 bits per heavy atom. The number of fused-ring (bicyclic) bond motifs is 1. The highest BCUT2D eigenvalue weighted by molar-refractivity contribution is 5.78. The molecule has 0 aromatic heterocycles. The van der Waals surface area contributed by atoms with Crippen LogP contribution < -0.4 is 9.47 Å². The van der Waals surface area contributed by atoms with Crippen LogP contribution >= 0.6 is 0 Å². The van der Waals surface area contributed by atoms with E-state index < -0.39 is 0 Å². The van der Waals surface area contributed by atoms with Crippen LogP contribution in [-0.2, 0) is 9.53 Å². The highest BCUT2D eigenvalue weighted by atomic mass is 16.6. The van der Waals surface area contributed by atoms with Crippen LogP contribution in [-0.4, -0.2) is 73.9 Å². The van der Waals surface area contributed by atoms with Crippen LogP contribution in [0.5, 0.6) is 11.5 Å². The number of nitrogens with zero attached hydrogens (tertiary/aromatic N) is 2. The molecule has 0 saturated carbocycles. The largest absolute Gasteiger partial charge is 0.486 e. The Labute approximate surface area is 148 Å². The number of morpholine rings is 1. The fourth-order valence-corrected chi connectivity index (χ4v) is 3.91. The van der Waals surface area contributed by atoms with Crippen LogP contribution in [0.2, 0.25) is 0 Å². The van der Waals surface area contributed by atoms with Gasteiger partial charge in [-0.05, 0) is 25.0 Å². The van der Waals surface area contributed by atoms with E-state index in [-0.39, 0.29) is 24.2 Å². The lowest BCUT2D eigenvalue weighted by Gasteiger charge is -2.46. The van der Waals surface area contributed by atoms with E-state index in [2.05, 4.69) is 4.90 Å². The van der Waals surface area contributed by atoms with Gasteiger partial charge in [0.25, 0.3) is 0 Å². The van der Waals surface area contributed by atoms with Crippen LogP contribution in [0.1, 0.15) is 19.3 Å². The number of likely N-dealkylation sites (tertiary alicyclic amines) is 1. The molecule has 2 fully saturated rings. The zero-order chi connectivity index (χ0) is 17.3. The van der Waals surface area contributed by atoms with Gasteiger partial charge in [-0.2, -0.15) is 0 Å². The lowest BCUT2D eigenvalue weighted by Crippen LogP contribution is -2.57. The molecule has 0 aliphatic carbocycles. The van der Waals surface area contributed by atoms with Gasteiger partial charge in [0.1, 0.15) is 19.3 Å². The molecule has 6 heteroatoms. The summed E-state index contributed by atoms with van der Waals surface area (Å²) in [6.45, 7) is 4.57. The monoisotopic (exact) mass is 346 g/mol. The number of carbonyl (C=O) groups excluding carboxylic acids is 1. The van der Waals surface area contributed by atoms with Crippen LogP contribution in [0.15, 0.2) is 24.3 Å².